The molecule has 7 nitrogen and oxygen atoms in total. The fourth-order valence-corrected chi connectivity index (χ4v) is 3.41. The SMILES string of the molecule is CN=C(NCCC(=O)Nc1ccc(C)cn1)NCc1ccc(CN2CCCC2)cc1. The highest BCUT2D eigenvalue weighted by Crippen LogP contribution is 2.13. The second kappa shape index (κ2) is 11.3. The van der Waals surface area contributed by atoms with Gasteiger partial charge in [0.15, 0.2) is 5.96 Å². The van der Waals surface area contributed by atoms with Crippen LogP contribution in [0.3, 0.4) is 0 Å². The monoisotopic (exact) mass is 408 g/mol. The standard InChI is InChI=1S/C23H32N6O/c1-18-5-10-21(26-15-18)28-22(30)11-12-25-23(24-2)27-16-19-6-8-20(9-7-19)17-29-13-3-4-14-29/h5-10,15H,3-4,11-14,16-17H2,1-2H3,(H2,24,25,27)(H,26,28,30). The molecule has 0 aliphatic carbocycles. The van der Waals surface area contributed by atoms with Crippen molar-refractivity contribution in [3.8, 4) is 0 Å². The van der Waals surface area contributed by atoms with Crippen LogP contribution in [-0.4, -0.2) is 48.4 Å². The van der Waals surface area contributed by atoms with Crippen LogP contribution in [0.25, 0.3) is 0 Å². The van der Waals surface area contributed by atoms with E-state index in [1.807, 2.05) is 13.0 Å². The number of benzene rings is 1. The molecule has 1 aliphatic rings. The van der Waals surface area contributed by atoms with Crippen molar-refractivity contribution in [2.45, 2.75) is 39.3 Å². The average molecular weight is 409 g/mol. The molecule has 0 unspecified atom stereocenters. The molecule has 1 saturated heterocycles. The Bertz CT molecular complexity index is 826. The molecule has 2 aromatic rings. The third kappa shape index (κ3) is 7.15. The van der Waals surface area contributed by atoms with Crippen LogP contribution in [0.2, 0.25) is 0 Å². The van der Waals surface area contributed by atoms with E-state index in [4.69, 9.17) is 0 Å². The van der Waals surface area contributed by atoms with Crippen LogP contribution < -0.4 is 16.0 Å². The normalized spacial score (nSPS) is 14.5. The smallest absolute Gasteiger partial charge is 0.227 e. The van der Waals surface area contributed by atoms with Gasteiger partial charge in [0.1, 0.15) is 5.82 Å². The molecule has 0 radical (unpaired) electrons. The predicted molar refractivity (Wildman–Crippen MR) is 121 cm³/mol. The Labute approximate surface area is 179 Å². The van der Waals surface area contributed by atoms with Gasteiger partial charge in [-0.25, -0.2) is 4.98 Å². The highest BCUT2D eigenvalue weighted by atomic mass is 16.1. The summed E-state index contributed by atoms with van der Waals surface area (Å²) >= 11 is 0. The number of aromatic nitrogens is 1. The zero-order valence-corrected chi connectivity index (χ0v) is 17.9. The molecule has 0 bridgehead atoms. The van der Waals surface area contributed by atoms with Crippen LogP contribution in [0, 0.1) is 6.92 Å². The molecular weight excluding hydrogens is 376 g/mol. The van der Waals surface area contributed by atoms with Crippen LogP contribution in [0.5, 0.6) is 0 Å². The first kappa shape index (κ1) is 21.8. The van der Waals surface area contributed by atoms with Gasteiger partial charge in [-0.15, -0.1) is 0 Å². The quantitative estimate of drug-likeness (QED) is 0.462. The van der Waals surface area contributed by atoms with Gasteiger partial charge < -0.3 is 16.0 Å². The van der Waals surface area contributed by atoms with Crippen LogP contribution in [0.15, 0.2) is 47.6 Å². The summed E-state index contributed by atoms with van der Waals surface area (Å²) in [7, 11) is 1.73. The molecule has 160 valence electrons. The molecule has 1 aromatic carbocycles. The minimum atomic E-state index is -0.0807. The molecule has 0 atom stereocenters. The van der Waals surface area contributed by atoms with Gasteiger partial charge in [0.25, 0.3) is 0 Å². The van der Waals surface area contributed by atoms with E-state index >= 15 is 0 Å². The first-order valence-corrected chi connectivity index (χ1v) is 10.6. The number of carbonyl (C=O) groups excluding carboxylic acids is 1. The second-order valence-corrected chi connectivity index (χ2v) is 7.67. The Kier molecular flexibility index (Phi) is 8.20. The number of nitrogens with zero attached hydrogens (tertiary/aromatic N) is 3. The number of pyridine rings is 1. The summed E-state index contributed by atoms with van der Waals surface area (Å²) in [5.41, 5.74) is 3.62. The zero-order valence-electron chi connectivity index (χ0n) is 17.9. The number of guanidine groups is 1. The average Bonchev–Trinajstić information content (AvgIpc) is 3.26. The summed E-state index contributed by atoms with van der Waals surface area (Å²) in [5, 5.41) is 9.26. The third-order valence-corrected chi connectivity index (χ3v) is 5.13. The highest BCUT2D eigenvalue weighted by molar-refractivity contribution is 5.90. The van der Waals surface area contributed by atoms with Gasteiger partial charge in [-0.05, 0) is 55.6 Å². The highest BCUT2D eigenvalue weighted by Gasteiger charge is 2.11. The molecular formula is C23H32N6O. The van der Waals surface area contributed by atoms with Crippen molar-refractivity contribution in [2.75, 3.05) is 32.0 Å². The van der Waals surface area contributed by atoms with Gasteiger partial charge in [-0.2, -0.15) is 0 Å². The van der Waals surface area contributed by atoms with E-state index in [0.717, 1.165) is 12.1 Å². The van der Waals surface area contributed by atoms with Crippen LogP contribution in [0.1, 0.15) is 36.0 Å². The summed E-state index contributed by atoms with van der Waals surface area (Å²) in [4.78, 5) is 23.0. The number of aliphatic imine (C=N–C) groups is 1. The largest absolute Gasteiger partial charge is 0.356 e. The van der Waals surface area contributed by atoms with E-state index in [1.54, 1.807) is 19.3 Å². The summed E-state index contributed by atoms with van der Waals surface area (Å²) in [6.07, 6.45) is 4.71. The predicted octanol–water partition coefficient (Wildman–Crippen LogP) is 2.68. The van der Waals surface area contributed by atoms with Crippen LogP contribution in [-0.2, 0) is 17.9 Å². The fraction of sp³-hybridized carbons (Fsp3) is 0.435. The lowest BCUT2D eigenvalue weighted by atomic mass is 10.1. The summed E-state index contributed by atoms with van der Waals surface area (Å²) in [5.74, 6) is 1.17. The topological polar surface area (TPSA) is 81.6 Å². The molecule has 1 aliphatic heterocycles. The van der Waals surface area contributed by atoms with Crippen molar-refractivity contribution in [3.63, 3.8) is 0 Å². The molecule has 2 heterocycles. The minimum absolute atomic E-state index is 0.0807. The van der Waals surface area contributed by atoms with Crippen molar-refractivity contribution in [1.82, 2.24) is 20.5 Å². The van der Waals surface area contributed by atoms with Gasteiger partial charge in [0, 0.05) is 39.3 Å². The van der Waals surface area contributed by atoms with E-state index < -0.39 is 0 Å². The lowest BCUT2D eigenvalue weighted by molar-refractivity contribution is -0.116. The number of anilines is 1. The maximum atomic E-state index is 12.0. The number of amides is 1. The van der Waals surface area contributed by atoms with E-state index in [9.17, 15) is 4.79 Å². The number of hydrogen-bond acceptors (Lipinski definition) is 4. The lowest BCUT2D eigenvalue weighted by Crippen LogP contribution is -2.38. The van der Waals surface area contributed by atoms with E-state index in [0.29, 0.717) is 31.3 Å². The number of nitrogens with one attached hydrogen (secondary N) is 3. The Morgan fingerprint density at radius 1 is 1.07 bits per heavy atom. The summed E-state index contributed by atoms with van der Waals surface area (Å²) in [6.45, 7) is 6.60. The van der Waals surface area contributed by atoms with Gasteiger partial charge in [-0.1, -0.05) is 30.3 Å². The molecule has 30 heavy (non-hydrogen) atoms. The molecule has 3 N–H and O–H groups in total. The van der Waals surface area contributed by atoms with Crippen molar-refractivity contribution in [1.29, 1.82) is 0 Å². The van der Waals surface area contributed by atoms with E-state index in [1.165, 1.54) is 37.1 Å². The second-order valence-electron chi connectivity index (χ2n) is 7.67. The number of aryl methyl sites for hydroxylation is 1. The molecule has 0 spiro atoms. The molecule has 3 rings (SSSR count). The van der Waals surface area contributed by atoms with E-state index in [-0.39, 0.29) is 5.91 Å². The number of likely N-dealkylation sites (tertiary alicyclic amines) is 1. The first-order valence-electron chi connectivity index (χ1n) is 10.6. The van der Waals surface area contributed by atoms with Gasteiger partial charge >= 0.3 is 0 Å². The maximum Gasteiger partial charge on any atom is 0.227 e. The van der Waals surface area contributed by atoms with Crippen LogP contribution >= 0.6 is 0 Å². The van der Waals surface area contributed by atoms with Crippen molar-refractivity contribution in [3.05, 3.63) is 59.3 Å². The Hall–Kier alpha value is -2.93. The van der Waals surface area contributed by atoms with Crippen molar-refractivity contribution >= 4 is 17.7 Å². The fourth-order valence-electron chi connectivity index (χ4n) is 3.41. The van der Waals surface area contributed by atoms with Gasteiger partial charge in [0.05, 0.1) is 0 Å². The number of hydrogen-bond donors (Lipinski definition) is 3. The molecule has 1 aromatic heterocycles. The molecule has 1 amide bonds. The van der Waals surface area contributed by atoms with E-state index in [2.05, 4.69) is 55.1 Å². The minimum Gasteiger partial charge on any atom is -0.356 e. The maximum absolute atomic E-state index is 12.0. The lowest BCUT2D eigenvalue weighted by Gasteiger charge is -2.15. The van der Waals surface area contributed by atoms with Gasteiger partial charge in [0.2, 0.25) is 5.91 Å². The Morgan fingerprint density at radius 3 is 2.47 bits per heavy atom. The van der Waals surface area contributed by atoms with Gasteiger partial charge in [-0.3, -0.25) is 14.7 Å². The number of carbonyl (C=O) groups is 1. The molecule has 7 heteroatoms. The Morgan fingerprint density at radius 2 is 1.80 bits per heavy atom. The molecule has 1 fully saturated rings. The summed E-state index contributed by atoms with van der Waals surface area (Å²) in [6, 6.07) is 12.5. The Balaban J connectivity index is 1.35. The zero-order chi connectivity index (χ0) is 21.2. The van der Waals surface area contributed by atoms with Crippen LogP contribution in [0.4, 0.5) is 5.82 Å². The number of rotatable bonds is 8. The third-order valence-electron chi connectivity index (χ3n) is 5.13. The van der Waals surface area contributed by atoms with Crippen molar-refractivity contribution < 1.29 is 4.79 Å². The summed E-state index contributed by atoms with van der Waals surface area (Å²) < 4.78 is 0. The first-order chi connectivity index (χ1) is 14.6. The van der Waals surface area contributed by atoms with Crippen molar-refractivity contribution in [2.24, 2.45) is 4.99 Å². The molecule has 0 saturated carbocycles.